The Morgan fingerprint density at radius 2 is 2.31 bits per heavy atom. The quantitative estimate of drug-likeness (QED) is 0.585. The molecule has 0 fully saturated rings. The van der Waals surface area contributed by atoms with E-state index in [4.69, 9.17) is 9.84 Å². The second-order valence-electron chi connectivity index (χ2n) is 3.37. The van der Waals surface area contributed by atoms with Gasteiger partial charge in [-0.3, -0.25) is 10.1 Å². The molecule has 1 rings (SSSR count). The van der Waals surface area contributed by atoms with Crippen LogP contribution in [0.5, 0.6) is 5.75 Å². The number of nitrogens with one attached hydrogen (secondary N) is 1. The van der Waals surface area contributed by atoms with Gasteiger partial charge in [-0.05, 0) is 19.1 Å². The summed E-state index contributed by atoms with van der Waals surface area (Å²) in [5, 5.41) is 22.5. The van der Waals surface area contributed by atoms with E-state index in [0.29, 0.717) is 11.4 Å². The molecule has 1 aromatic carbocycles. The maximum atomic E-state index is 10.8. The Balaban J connectivity index is 3.03. The van der Waals surface area contributed by atoms with Crippen LogP contribution < -0.4 is 10.1 Å². The van der Waals surface area contributed by atoms with E-state index in [9.17, 15) is 10.1 Å². The van der Waals surface area contributed by atoms with Gasteiger partial charge in [0.25, 0.3) is 5.69 Å². The summed E-state index contributed by atoms with van der Waals surface area (Å²) < 4.78 is 4.91. The van der Waals surface area contributed by atoms with E-state index in [1.807, 2.05) is 0 Å². The van der Waals surface area contributed by atoms with Gasteiger partial charge in [0.1, 0.15) is 11.4 Å². The summed E-state index contributed by atoms with van der Waals surface area (Å²) >= 11 is 0. The highest BCUT2D eigenvalue weighted by Gasteiger charge is 2.16. The van der Waals surface area contributed by atoms with Crippen molar-refractivity contribution in [2.24, 2.45) is 0 Å². The SMILES string of the molecule is COc1ccc(NC(C)CO)c([N+](=O)[O-])c1. The molecule has 0 heterocycles. The van der Waals surface area contributed by atoms with Crippen LogP contribution in [-0.2, 0) is 0 Å². The van der Waals surface area contributed by atoms with Crippen molar-refractivity contribution in [2.45, 2.75) is 13.0 Å². The van der Waals surface area contributed by atoms with Crippen molar-refractivity contribution >= 4 is 11.4 Å². The predicted octanol–water partition coefficient (Wildman–Crippen LogP) is 1.40. The molecule has 0 spiro atoms. The van der Waals surface area contributed by atoms with E-state index >= 15 is 0 Å². The number of hydrogen-bond donors (Lipinski definition) is 2. The summed E-state index contributed by atoms with van der Waals surface area (Å²) in [6, 6.07) is 4.28. The number of aliphatic hydroxyl groups excluding tert-OH is 1. The molecule has 0 saturated carbocycles. The van der Waals surface area contributed by atoms with Crippen molar-refractivity contribution in [3.05, 3.63) is 28.3 Å². The fourth-order valence-electron chi connectivity index (χ4n) is 1.22. The summed E-state index contributed by atoms with van der Waals surface area (Å²) in [6.45, 7) is 1.64. The Morgan fingerprint density at radius 3 is 2.81 bits per heavy atom. The van der Waals surface area contributed by atoms with E-state index in [0.717, 1.165) is 0 Å². The van der Waals surface area contributed by atoms with Crippen LogP contribution >= 0.6 is 0 Å². The molecule has 0 saturated heterocycles. The number of nitro benzene ring substituents is 1. The minimum Gasteiger partial charge on any atom is -0.496 e. The van der Waals surface area contributed by atoms with Crippen LogP contribution in [0.15, 0.2) is 18.2 Å². The van der Waals surface area contributed by atoms with Gasteiger partial charge in [-0.2, -0.15) is 0 Å². The highest BCUT2D eigenvalue weighted by Crippen LogP contribution is 2.29. The maximum Gasteiger partial charge on any atom is 0.296 e. The lowest BCUT2D eigenvalue weighted by Crippen LogP contribution is -2.19. The first-order valence-corrected chi connectivity index (χ1v) is 4.78. The molecule has 1 aromatic rings. The smallest absolute Gasteiger partial charge is 0.296 e. The highest BCUT2D eigenvalue weighted by atomic mass is 16.6. The summed E-state index contributed by atoms with van der Waals surface area (Å²) in [5.74, 6) is 0.425. The van der Waals surface area contributed by atoms with E-state index in [1.54, 1.807) is 19.1 Å². The number of nitro groups is 1. The van der Waals surface area contributed by atoms with Gasteiger partial charge in [0.2, 0.25) is 0 Å². The van der Waals surface area contributed by atoms with Crippen molar-refractivity contribution < 1.29 is 14.8 Å². The molecular weight excluding hydrogens is 212 g/mol. The number of nitrogens with zero attached hydrogens (tertiary/aromatic N) is 1. The highest BCUT2D eigenvalue weighted by molar-refractivity contribution is 5.64. The lowest BCUT2D eigenvalue weighted by atomic mass is 10.2. The maximum absolute atomic E-state index is 10.8. The molecule has 0 aromatic heterocycles. The van der Waals surface area contributed by atoms with Crippen LogP contribution in [0.4, 0.5) is 11.4 Å². The third kappa shape index (κ3) is 2.83. The van der Waals surface area contributed by atoms with E-state index in [2.05, 4.69) is 5.32 Å². The van der Waals surface area contributed by atoms with Crippen LogP contribution in [0.3, 0.4) is 0 Å². The van der Waals surface area contributed by atoms with Crippen LogP contribution in [0.2, 0.25) is 0 Å². The topological polar surface area (TPSA) is 84.6 Å². The van der Waals surface area contributed by atoms with E-state index in [1.165, 1.54) is 13.2 Å². The second-order valence-corrected chi connectivity index (χ2v) is 3.37. The van der Waals surface area contributed by atoms with Crippen molar-refractivity contribution in [1.82, 2.24) is 0 Å². The minimum atomic E-state index is -0.491. The molecule has 0 aliphatic heterocycles. The van der Waals surface area contributed by atoms with Gasteiger partial charge in [-0.25, -0.2) is 0 Å². The van der Waals surface area contributed by atoms with E-state index < -0.39 is 4.92 Å². The molecule has 0 amide bonds. The fraction of sp³-hybridized carbons (Fsp3) is 0.400. The molecular formula is C10H14N2O4. The van der Waals surface area contributed by atoms with E-state index in [-0.39, 0.29) is 18.3 Å². The monoisotopic (exact) mass is 226 g/mol. The zero-order valence-electron chi connectivity index (χ0n) is 9.14. The molecule has 1 unspecified atom stereocenters. The first-order chi connectivity index (χ1) is 7.58. The van der Waals surface area contributed by atoms with Gasteiger partial charge >= 0.3 is 0 Å². The van der Waals surface area contributed by atoms with Crippen LogP contribution in [0.1, 0.15) is 6.92 Å². The molecule has 16 heavy (non-hydrogen) atoms. The second kappa shape index (κ2) is 5.32. The lowest BCUT2D eigenvalue weighted by Gasteiger charge is -2.12. The number of rotatable bonds is 5. The Bertz CT molecular complexity index is 381. The van der Waals surface area contributed by atoms with Gasteiger partial charge in [-0.1, -0.05) is 0 Å². The molecule has 88 valence electrons. The molecule has 0 radical (unpaired) electrons. The number of hydrogen-bond acceptors (Lipinski definition) is 5. The third-order valence-electron chi connectivity index (χ3n) is 2.08. The van der Waals surface area contributed by atoms with Crippen molar-refractivity contribution in [3.8, 4) is 5.75 Å². The van der Waals surface area contributed by atoms with Crippen molar-refractivity contribution in [3.63, 3.8) is 0 Å². The largest absolute Gasteiger partial charge is 0.496 e. The number of aliphatic hydroxyl groups is 1. The first-order valence-electron chi connectivity index (χ1n) is 4.78. The van der Waals surface area contributed by atoms with Crippen LogP contribution in [0.25, 0.3) is 0 Å². The molecule has 0 aliphatic rings. The predicted molar refractivity (Wildman–Crippen MR) is 59.8 cm³/mol. The molecule has 2 N–H and O–H groups in total. The normalized spacial score (nSPS) is 11.9. The average Bonchev–Trinajstić information content (AvgIpc) is 2.29. The number of benzene rings is 1. The summed E-state index contributed by atoms with van der Waals surface area (Å²) in [5.41, 5.74) is 0.298. The lowest BCUT2D eigenvalue weighted by molar-refractivity contribution is -0.384. The summed E-state index contributed by atoms with van der Waals surface area (Å²) in [6.07, 6.45) is 0. The van der Waals surface area contributed by atoms with Gasteiger partial charge in [0.15, 0.2) is 0 Å². The Hall–Kier alpha value is -1.82. The van der Waals surface area contributed by atoms with Gasteiger partial charge in [0, 0.05) is 6.04 Å². The summed E-state index contributed by atoms with van der Waals surface area (Å²) in [4.78, 5) is 10.3. The first kappa shape index (κ1) is 12.3. The molecule has 0 bridgehead atoms. The number of anilines is 1. The van der Waals surface area contributed by atoms with Crippen molar-refractivity contribution in [1.29, 1.82) is 0 Å². The minimum absolute atomic E-state index is 0.0698. The van der Waals surface area contributed by atoms with Gasteiger partial charge < -0.3 is 15.2 Å². The van der Waals surface area contributed by atoms with Gasteiger partial charge in [-0.15, -0.1) is 0 Å². The summed E-state index contributed by atoms with van der Waals surface area (Å²) in [7, 11) is 1.45. The molecule has 6 heteroatoms. The van der Waals surface area contributed by atoms with Gasteiger partial charge in [0.05, 0.1) is 24.7 Å². The molecule has 6 nitrogen and oxygen atoms in total. The van der Waals surface area contributed by atoms with Crippen LogP contribution in [-0.4, -0.2) is 29.8 Å². The Labute approximate surface area is 93.0 Å². The molecule has 1 atom stereocenters. The molecule has 0 aliphatic carbocycles. The number of ether oxygens (including phenoxy) is 1. The van der Waals surface area contributed by atoms with Crippen LogP contribution in [0, 0.1) is 10.1 Å². The van der Waals surface area contributed by atoms with Crippen molar-refractivity contribution in [2.75, 3.05) is 19.0 Å². The zero-order chi connectivity index (χ0) is 12.1. The fourth-order valence-corrected chi connectivity index (χ4v) is 1.22. The third-order valence-corrected chi connectivity index (χ3v) is 2.08. The zero-order valence-corrected chi connectivity index (χ0v) is 9.14. The standard InChI is InChI=1S/C10H14N2O4/c1-7(6-13)11-9-4-3-8(16-2)5-10(9)12(14)15/h3-5,7,11,13H,6H2,1-2H3. The Kier molecular flexibility index (Phi) is 4.07. The number of methoxy groups -OCH3 is 1. The Morgan fingerprint density at radius 1 is 1.62 bits per heavy atom. The average molecular weight is 226 g/mol.